The smallest absolute Gasteiger partial charge is 0.243 e. The Kier molecular flexibility index (Phi) is 6.77. The van der Waals surface area contributed by atoms with E-state index in [0.29, 0.717) is 18.8 Å². The molecule has 1 amide bonds. The molecule has 0 aromatic heterocycles. The average molecular weight is 353 g/mol. The van der Waals surface area contributed by atoms with Crippen LogP contribution in [0.2, 0.25) is 0 Å². The first kappa shape index (κ1) is 18.9. The van der Waals surface area contributed by atoms with E-state index in [1.54, 1.807) is 28.6 Å². The summed E-state index contributed by atoms with van der Waals surface area (Å²) in [5, 5.41) is 2.64. The van der Waals surface area contributed by atoms with Crippen molar-refractivity contribution in [3.63, 3.8) is 0 Å². The molecule has 0 bridgehead atoms. The summed E-state index contributed by atoms with van der Waals surface area (Å²) in [7, 11) is -3.46. The number of carbonyl (C=O) groups excluding carboxylic acids is 1. The number of nitrogens with zero attached hydrogens (tertiary/aromatic N) is 2. The molecule has 1 aromatic rings. The maximum absolute atomic E-state index is 12.7. The van der Waals surface area contributed by atoms with Crippen molar-refractivity contribution >= 4 is 21.6 Å². The van der Waals surface area contributed by atoms with Gasteiger partial charge in [-0.3, -0.25) is 4.79 Å². The first-order valence-electron chi connectivity index (χ1n) is 8.53. The molecule has 0 unspecified atom stereocenters. The zero-order chi connectivity index (χ0) is 17.6. The van der Waals surface area contributed by atoms with E-state index in [1.807, 2.05) is 0 Å². The molecule has 1 aliphatic heterocycles. The van der Waals surface area contributed by atoms with E-state index >= 15 is 0 Å². The van der Waals surface area contributed by atoms with Crippen molar-refractivity contribution in [1.82, 2.24) is 9.21 Å². The molecule has 0 spiro atoms. The van der Waals surface area contributed by atoms with Gasteiger partial charge in [0.05, 0.1) is 4.90 Å². The fraction of sp³-hybridized carbons (Fsp3) is 0.588. The largest absolute Gasteiger partial charge is 0.326 e. The van der Waals surface area contributed by atoms with Crippen molar-refractivity contribution < 1.29 is 13.2 Å². The first-order valence-corrected chi connectivity index (χ1v) is 9.97. The van der Waals surface area contributed by atoms with Crippen molar-refractivity contribution in [3.8, 4) is 0 Å². The minimum atomic E-state index is -3.46. The molecule has 1 saturated heterocycles. The Morgan fingerprint density at radius 3 is 2.25 bits per heavy atom. The molecule has 134 valence electrons. The fourth-order valence-corrected chi connectivity index (χ4v) is 4.26. The second kappa shape index (κ2) is 8.60. The molecule has 0 radical (unpaired) electrons. The van der Waals surface area contributed by atoms with Crippen LogP contribution in [0.4, 0.5) is 5.69 Å². The molecule has 1 fully saturated rings. The number of amides is 1. The number of carbonyl (C=O) groups is 1. The minimum Gasteiger partial charge on any atom is -0.326 e. The Labute approximate surface area is 144 Å². The number of nitrogens with one attached hydrogen (secondary N) is 1. The number of benzene rings is 1. The molecule has 6 nitrogen and oxygen atoms in total. The summed E-state index contributed by atoms with van der Waals surface area (Å²) < 4.78 is 27.0. The Morgan fingerprint density at radius 2 is 1.71 bits per heavy atom. The van der Waals surface area contributed by atoms with Crippen molar-refractivity contribution in [1.29, 1.82) is 0 Å². The van der Waals surface area contributed by atoms with Crippen LogP contribution in [-0.4, -0.2) is 56.3 Å². The van der Waals surface area contributed by atoms with Gasteiger partial charge >= 0.3 is 0 Å². The topological polar surface area (TPSA) is 69.7 Å². The number of unbranched alkanes of at least 4 members (excludes halogenated alkanes) is 2. The lowest BCUT2D eigenvalue weighted by atomic mass is 10.2. The highest BCUT2D eigenvalue weighted by atomic mass is 32.2. The summed E-state index contributed by atoms with van der Waals surface area (Å²) in [6.07, 6.45) is 3.59. The van der Waals surface area contributed by atoms with Gasteiger partial charge in [-0.25, -0.2) is 8.42 Å². The third kappa shape index (κ3) is 5.03. The van der Waals surface area contributed by atoms with Gasteiger partial charge in [0.2, 0.25) is 15.9 Å². The predicted octanol–water partition coefficient (Wildman–Crippen LogP) is 2.14. The van der Waals surface area contributed by atoms with Crippen LogP contribution in [0, 0.1) is 0 Å². The van der Waals surface area contributed by atoms with Gasteiger partial charge in [0, 0.05) is 38.8 Å². The lowest BCUT2D eigenvalue weighted by molar-refractivity contribution is -0.114. The molecule has 24 heavy (non-hydrogen) atoms. The third-order valence-electron chi connectivity index (χ3n) is 4.22. The van der Waals surface area contributed by atoms with Crippen molar-refractivity contribution in [2.45, 2.75) is 38.0 Å². The molecule has 0 atom stereocenters. The summed E-state index contributed by atoms with van der Waals surface area (Å²) in [4.78, 5) is 13.6. The van der Waals surface area contributed by atoms with Gasteiger partial charge in [-0.15, -0.1) is 0 Å². The number of rotatable bonds is 7. The number of sulfonamides is 1. The Morgan fingerprint density at radius 1 is 1.08 bits per heavy atom. The van der Waals surface area contributed by atoms with E-state index in [1.165, 1.54) is 26.2 Å². The van der Waals surface area contributed by atoms with E-state index in [2.05, 4.69) is 17.1 Å². The number of anilines is 1. The standard InChI is InChI=1S/C17H27N3O3S/c1-3-4-5-10-19-11-13-20(14-12-19)24(22,23)17-8-6-16(7-9-17)18-15(2)21/h6-9H,3-5,10-14H2,1-2H3,(H,18,21). The normalized spacial score (nSPS) is 16.9. The number of hydrogen-bond donors (Lipinski definition) is 1. The van der Waals surface area contributed by atoms with Crippen LogP contribution < -0.4 is 5.32 Å². The van der Waals surface area contributed by atoms with Crippen LogP contribution in [-0.2, 0) is 14.8 Å². The molecule has 7 heteroatoms. The van der Waals surface area contributed by atoms with Crippen LogP contribution in [0.1, 0.15) is 33.1 Å². The van der Waals surface area contributed by atoms with Crippen LogP contribution >= 0.6 is 0 Å². The van der Waals surface area contributed by atoms with Crippen LogP contribution in [0.5, 0.6) is 0 Å². The predicted molar refractivity (Wildman–Crippen MR) is 95.5 cm³/mol. The Hall–Kier alpha value is -1.44. The highest BCUT2D eigenvalue weighted by molar-refractivity contribution is 7.89. The summed E-state index contributed by atoms with van der Waals surface area (Å²) in [6, 6.07) is 6.34. The van der Waals surface area contributed by atoms with Gasteiger partial charge in [0.15, 0.2) is 0 Å². The molecule has 0 saturated carbocycles. The van der Waals surface area contributed by atoms with Gasteiger partial charge < -0.3 is 10.2 Å². The second-order valence-electron chi connectivity index (χ2n) is 6.16. The number of hydrogen-bond acceptors (Lipinski definition) is 4. The average Bonchev–Trinajstić information content (AvgIpc) is 2.55. The van der Waals surface area contributed by atoms with Crippen molar-refractivity contribution in [3.05, 3.63) is 24.3 Å². The van der Waals surface area contributed by atoms with Gasteiger partial charge in [-0.05, 0) is 37.2 Å². The quantitative estimate of drug-likeness (QED) is 0.763. The van der Waals surface area contributed by atoms with E-state index in [0.717, 1.165) is 19.6 Å². The van der Waals surface area contributed by atoms with Gasteiger partial charge in [0.1, 0.15) is 0 Å². The van der Waals surface area contributed by atoms with E-state index < -0.39 is 10.0 Å². The van der Waals surface area contributed by atoms with Gasteiger partial charge in [-0.1, -0.05) is 19.8 Å². The highest BCUT2D eigenvalue weighted by Gasteiger charge is 2.28. The number of piperazine rings is 1. The van der Waals surface area contributed by atoms with Crippen LogP contribution in [0.25, 0.3) is 0 Å². The summed E-state index contributed by atoms with van der Waals surface area (Å²) in [5.41, 5.74) is 0.599. The maximum atomic E-state index is 12.7. The molecule has 2 rings (SSSR count). The monoisotopic (exact) mass is 353 g/mol. The molecule has 1 aromatic carbocycles. The lowest BCUT2D eigenvalue weighted by Crippen LogP contribution is -2.48. The fourth-order valence-electron chi connectivity index (χ4n) is 2.84. The molecular formula is C17H27N3O3S. The zero-order valence-electron chi connectivity index (χ0n) is 14.5. The molecule has 1 aliphatic rings. The summed E-state index contributed by atoms with van der Waals surface area (Å²) in [6.45, 7) is 7.28. The van der Waals surface area contributed by atoms with E-state index in [-0.39, 0.29) is 10.8 Å². The van der Waals surface area contributed by atoms with Gasteiger partial charge in [0.25, 0.3) is 0 Å². The molecule has 1 heterocycles. The maximum Gasteiger partial charge on any atom is 0.243 e. The van der Waals surface area contributed by atoms with Crippen LogP contribution in [0.15, 0.2) is 29.2 Å². The van der Waals surface area contributed by atoms with Crippen molar-refractivity contribution in [2.24, 2.45) is 0 Å². The van der Waals surface area contributed by atoms with E-state index in [4.69, 9.17) is 0 Å². The zero-order valence-corrected chi connectivity index (χ0v) is 15.3. The van der Waals surface area contributed by atoms with Crippen molar-refractivity contribution in [2.75, 3.05) is 38.0 Å². The molecule has 1 N–H and O–H groups in total. The minimum absolute atomic E-state index is 0.176. The molecule has 0 aliphatic carbocycles. The Balaban J connectivity index is 1.95. The van der Waals surface area contributed by atoms with E-state index in [9.17, 15) is 13.2 Å². The SMILES string of the molecule is CCCCCN1CCN(S(=O)(=O)c2ccc(NC(C)=O)cc2)CC1. The first-order chi connectivity index (χ1) is 11.4. The lowest BCUT2D eigenvalue weighted by Gasteiger charge is -2.34. The highest BCUT2D eigenvalue weighted by Crippen LogP contribution is 2.20. The summed E-state index contributed by atoms with van der Waals surface area (Å²) in [5.74, 6) is -0.176. The van der Waals surface area contributed by atoms with Gasteiger partial charge in [-0.2, -0.15) is 4.31 Å². The third-order valence-corrected chi connectivity index (χ3v) is 6.13. The second-order valence-corrected chi connectivity index (χ2v) is 8.10. The van der Waals surface area contributed by atoms with Crippen LogP contribution in [0.3, 0.4) is 0 Å². The molecular weight excluding hydrogens is 326 g/mol. The summed E-state index contributed by atoms with van der Waals surface area (Å²) >= 11 is 0. The Bertz CT molecular complexity index is 636.